The minimum atomic E-state index is -4.47. The second-order valence-corrected chi connectivity index (χ2v) is 9.63. The third kappa shape index (κ3) is 5.53. The van der Waals surface area contributed by atoms with E-state index in [4.69, 9.17) is 5.73 Å². The molecule has 9 nitrogen and oxygen atoms in total. The Morgan fingerprint density at radius 3 is 2.43 bits per heavy atom. The van der Waals surface area contributed by atoms with E-state index in [0.29, 0.717) is 44.2 Å². The molecule has 0 spiro atoms. The number of carbonyl (C=O) groups is 2. The Balaban J connectivity index is 1.11. The molecule has 5 rings (SSSR count). The van der Waals surface area contributed by atoms with Crippen LogP contribution in [0.4, 0.5) is 19.1 Å². The smallest absolute Gasteiger partial charge is 0.366 e. The number of halogens is 3. The van der Waals surface area contributed by atoms with Crippen molar-refractivity contribution in [1.29, 1.82) is 0 Å². The number of nitrogens with two attached hydrogens (primary N) is 1. The number of amides is 2. The molecule has 1 aromatic carbocycles. The Bertz CT molecular complexity index is 1280. The van der Waals surface area contributed by atoms with Gasteiger partial charge in [-0.05, 0) is 42.5 Å². The Kier molecular flexibility index (Phi) is 6.76. The Labute approximate surface area is 211 Å². The van der Waals surface area contributed by atoms with E-state index in [-0.39, 0.29) is 11.9 Å². The molecule has 2 aromatic heterocycles. The third-order valence-electron chi connectivity index (χ3n) is 7.12. The maximum absolute atomic E-state index is 12.9. The van der Waals surface area contributed by atoms with Crippen molar-refractivity contribution in [3.63, 3.8) is 0 Å². The maximum atomic E-state index is 12.9. The van der Waals surface area contributed by atoms with E-state index in [9.17, 15) is 22.8 Å². The van der Waals surface area contributed by atoms with Gasteiger partial charge in [0.05, 0.1) is 12.1 Å². The number of hydrogen-bond donors (Lipinski definition) is 1. The number of carbonyl (C=O) groups excluding carboxylic acids is 2. The summed E-state index contributed by atoms with van der Waals surface area (Å²) in [5.41, 5.74) is 6.01. The molecular formula is C25H28F3N7O2. The molecule has 2 saturated heterocycles. The van der Waals surface area contributed by atoms with E-state index in [2.05, 4.69) is 19.4 Å². The minimum absolute atomic E-state index is 0.0474. The monoisotopic (exact) mass is 515 g/mol. The van der Waals surface area contributed by atoms with Crippen molar-refractivity contribution in [2.24, 2.45) is 11.7 Å². The van der Waals surface area contributed by atoms with Crippen LogP contribution in [0.25, 0.3) is 10.9 Å². The fourth-order valence-electron chi connectivity index (χ4n) is 5.06. The van der Waals surface area contributed by atoms with Crippen LogP contribution < -0.4 is 10.6 Å². The molecule has 3 aromatic rings. The second-order valence-electron chi connectivity index (χ2n) is 9.63. The second kappa shape index (κ2) is 10.0. The molecule has 2 aliphatic rings. The summed E-state index contributed by atoms with van der Waals surface area (Å²) in [7, 11) is 0. The quantitative estimate of drug-likeness (QED) is 0.541. The van der Waals surface area contributed by atoms with Crippen molar-refractivity contribution in [3.05, 3.63) is 54.0 Å². The largest absolute Gasteiger partial charge is 0.419 e. The summed E-state index contributed by atoms with van der Waals surface area (Å²) in [5, 5.41) is 1.05. The van der Waals surface area contributed by atoms with Crippen LogP contribution in [0.2, 0.25) is 0 Å². The van der Waals surface area contributed by atoms with Crippen LogP contribution in [0.3, 0.4) is 0 Å². The number of hydrogen-bond acceptors (Lipinski definition) is 6. The van der Waals surface area contributed by atoms with Gasteiger partial charge in [-0.25, -0.2) is 9.97 Å². The van der Waals surface area contributed by atoms with E-state index >= 15 is 0 Å². The highest BCUT2D eigenvalue weighted by Gasteiger charge is 2.32. The highest BCUT2D eigenvalue weighted by Crippen LogP contribution is 2.28. The molecule has 1 unspecified atom stereocenters. The van der Waals surface area contributed by atoms with E-state index in [1.54, 1.807) is 15.9 Å². The highest BCUT2D eigenvalue weighted by atomic mass is 19.4. The van der Waals surface area contributed by atoms with Gasteiger partial charge in [0.25, 0.3) is 0 Å². The van der Waals surface area contributed by atoms with Gasteiger partial charge in [-0.15, -0.1) is 0 Å². The van der Waals surface area contributed by atoms with E-state index in [1.807, 2.05) is 24.4 Å². The van der Waals surface area contributed by atoms with Gasteiger partial charge in [-0.1, -0.05) is 6.07 Å². The summed E-state index contributed by atoms with van der Waals surface area (Å²) in [5.74, 6) is 0.219. The number of piperazine rings is 1. The van der Waals surface area contributed by atoms with Gasteiger partial charge < -0.3 is 20.1 Å². The minimum Gasteiger partial charge on any atom is -0.366 e. The lowest BCUT2D eigenvalue weighted by Crippen LogP contribution is -2.51. The van der Waals surface area contributed by atoms with Gasteiger partial charge >= 0.3 is 6.18 Å². The van der Waals surface area contributed by atoms with Crippen molar-refractivity contribution >= 4 is 28.7 Å². The summed E-state index contributed by atoms with van der Waals surface area (Å²) < 4.78 is 40.3. The molecule has 2 amide bonds. The Hall–Kier alpha value is -3.67. The molecule has 0 bridgehead atoms. The zero-order chi connectivity index (χ0) is 26.2. The lowest BCUT2D eigenvalue weighted by molar-refractivity contribution is -0.138. The number of nitrogens with zero attached hydrogens (tertiary/aromatic N) is 6. The lowest BCUT2D eigenvalue weighted by atomic mass is 10.1. The number of rotatable bonds is 6. The van der Waals surface area contributed by atoms with E-state index in [0.717, 1.165) is 49.4 Å². The van der Waals surface area contributed by atoms with Gasteiger partial charge in [0.1, 0.15) is 0 Å². The first-order valence-corrected chi connectivity index (χ1v) is 12.2. The average Bonchev–Trinajstić information content (AvgIpc) is 3.50. The van der Waals surface area contributed by atoms with Crippen molar-refractivity contribution in [3.8, 4) is 0 Å². The first-order valence-electron chi connectivity index (χ1n) is 12.2. The average molecular weight is 516 g/mol. The maximum Gasteiger partial charge on any atom is 0.419 e. The van der Waals surface area contributed by atoms with E-state index < -0.39 is 17.6 Å². The van der Waals surface area contributed by atoms with Crippen LogP contribution in [0.15, 0.2) is 42.9 Å². The zero-order valence-electron chi connectivity index (χ0n) is 20.2. The Morgan fingerprint density at radius 1 is 1.03 bits per heavy atom. The number of likely N-dealkylation sites (tertiary alicyclic amines) is 1. The molecule has 4 heterocycles. The number of anilines is 1. The van der Waals surface area contributed by atoms with Crippen molar-refractivity contribution in [2.45, 2.75) is 19.1 Å². The number of fused-ring (bicyclic) bond motifs is 1. The van der Waals surface area contributed by atoms with Gasteiger partial charge in [0.2, 0.25) is 17.8 Å². The van der Waals surface area contributed by atoms with Crippen LogP contribution in [0.1, 0.15) is 22.3 Å². The van der Waals surface area contributed by atoms with Crippen LogP contribution in [-0.2, 0) is 17.5 Å². The molecule has 0 radical (unpaired) electrons. The molecule has 37 heavy (non-hydrogen) atoms. The molecule has 2 fully saturated rings. The van der Waals surface area contributed by atoms with Gasteiger partial charge in [0.15, 0.2) is 0 Å². The summed E-state index contributed by atoms with van der Waals surface area (Å²) in [6, 6.07) is 7.47. The zero-order valence-corrected chi connectivity index (χ0v) is 20.2. The van der Waals surface area contributed by atoms with Crippen LogP contribution in [-0.4, -0.2) is 82.0 Å². The van der Waals surface area contributed by atoms with Crippen LogP contribution in [0, 0.1) is 5.92 Å². The highest BCUT2D eigenvalue weighted by molar-refractivity contribution is 5.97. The third-order valence-corrected chi connectivity index (χ3v) is 7.12. The summed E-state index contributed by atoms with van der Waals surface area (Å²) in [6.45, 7) is 4.65. The SMILES string of the molecule is NC(=O)c1ccc2ccn(CC3CCN(CC(=O)N4CCN(c5ncc(C(F)(F)F)cn5)CC4)C3)c2c1. The fourth-order valence-corrected chi connectivity index (χ4v) is 5.06. The van der Waals surface area contributed by atoms with Gasteiger partial charge in [-0.2, -0.15) is 13.2 Å². The summed E-state index contributed by atoms with van der Waals surface area (Å²) >= 11 is 0. The number of aromatic nitrogens is 3. The van der Waals surface area contributed by atoms with Crippen molar-refractivity contribution < 1.29 is 22.8 Å². The molecule has 0 saturated carbocycles. The molecule has 2 N–H and O–H groups in total. The van der Waals surface area contributed by atoms with Crippen molar-refractivity contribution in [2.75, 3.05) is 50.7 Å². The fraction of sp³-hybridized carbons (Fsp3) is 0.440. The van der Waals surface area contributed by atoms with Gasteiger partial charge in [0, 0.05) is 68.9 Å². The van der Waals surface area contributed by atoms with Crippen LogP contribution in [0.5, 0.6) is 0 Å². The number of alkyl halides is 3. The molecule has 12 heteroatoms. The number of benzene rings is 1. The summed E-state index contributed by atoms with van der Waals surface area (Å²) in [4.78, 5) is 37.9. The topological polar surface area (TPSA) is 101 Å². The molecule has 196 valence electrons. The first kappa shape index (κ1) is 25.0. The standard InChI is InChI=1S/C25H28F3N7O2/c26-25(27,28)20-12-30-24(31-13-20)34-9-7-33(8-10-34)22(36)16-32-5-3-17(14-32)15-35-6-4-18-1-2-19(23(29)37)11-21(18)35/h1-2,4,6,11-13,17H,3,5,7-10,14-16H2,(H2,29,37). The predicted molar refractivity (Wildman–Crippen MR) is 131 cm³/mol. The van der Waals surface area contributed by atoms with Gasteiger partial charge in [-0.3, -0.25) is 14.5 Å². The predicted octanol–water partition coefficient (Wildman–Crippen LogP) is 2.22. The number of primary amides is 1. The summed E-state index contributed by atoms with van der Waals surface area (Å²) in [6.07, 6.45) is 0.0979. The van der Waals surface area contributed by atoms with Crippen LogP contribution >= 0.6 is 0 Å². The molecule has 0 aliphatic carbocycles. The molecular weight excluding hydrogens is 487 g/mol. The lowest BCUT2D eigenvalue weighted by Gasteiger charge is -2.35. The first-order chi connectivity index (χ1) is 17.7. The molecule has 1 atom stereocenters. The Morgan fingerprint density at radius 2 is 1.76 bits per heavy atom. The van der Waals surface area contributed by atoms with E-state index in [1.165, 1.54) is 0 Å². The molecule has 2 aliphatic heterocycles. The van der Waals surface area contributed by atoms with Crippen molar-refractivity contribution in [1.82, 2.24) is 24.3 Å². The normalized spacial score (nSPS) is 19.1.